The Bertz CT molecular complexity index is 1110. The van der Waals surface area contributed by atoms with Crippen molar-refractivity contribution in [3.05, 3.63) is 93.2 Å². The summed E-state index contributed by atoms with van der Waals surface area (Å²) in [5, 5.41) is 4.88. The van der Waals surface area contributed by atoms with Gasteiger partial charge < -0.3 is 15.2 Å². The van der Waals surface area contributed by atoms with Crippen LogP contribution in [0.4, 0.5) is 13.2 Å². The van der Waals surface area contributed by atoms with E-state index in [0.29, 0.717) is 6.42 Å². The second kappa shape index (κ2) is 11.7. The van der Waals surface area contributed by atoms with Crippen molar-refractivity contribution in [2.75, 3.05) is 6.54 Å². The Labute approximate surface area is 183 Å². The highest BCUT2D eigenvalue weighted by molar-refractivity contribution is 5.93. The largest absolute Gasteiger partial charge is 0.352 e. The molecule has 0 bridgehead atoms. The van der Waals surface area contributed by atoms with Crippen LogP contribution < -0.4 is 16.2 Å². The van der Waals surface area contributed by atoms with Crippen LogP contribution in [0.1, 0.15) is 41.8 Å². The van der Waals surface area contributed by atoms with Crippen molar-refractivity contribution in [3.8, 4) is 0 Å². The summed E-state index contributed by atoms with van der Waals surface area (Å²) in [5.74, 6) is -3.69. The molecular weight excluding hydrogens is 423 g/mol. The van der Waals surface area contributed by atoms with Crippen LogP contribution in [0.25, 0.3) is 0 Å². The fourth-order valence-corrected chi connectivity index (χ4v) is 2.72. The summed E-state index contributed by atoms with van der Waals surface area (Å²) in [5.41, 5.74) is -0.539. The van der Waals surface area contributed by atoms with E-state index in [9.17, 15) is 27.6 Å². The zero-order valence-corrected chi connectivity index (χ0v) is 17.8. The fourth-order valence-electron chi connectivity index (χ4n) is 2.72. The summed E-state index contributed by atoms with van der Waals surface area (Å²) in [7, 11) is 0. The minimum Gasteiger partial charge on any atom is -0.352 e. The Kier molecular flexibility index (Phi) is 9.00. The van der Waals surface area contributed by atoms with Crippen molar-refractivity contribution in [1.29, 1.82) is 0 Å². The van der Waals surface area contributed by atoms with Crippen LogP contribution in [0.5, 0.6) is 0 Å². The molecule has 1 aromatic carbocycles. The van der Waals surface area contributed by atoms with Gasteiger partial charge in [0.2, 0.25) is 5.91 Å². The standard InChI is InChI=1S/C23H24F3N3O3/c1-3-4-5-19(24)10-11-27-23(32)18-8-9-20(31)29(14-18)13-17-7-6-16(12-28-15(2)30)21(25)22(17)26/h4-10,14H,3,11-13H2,1-2H3,(H,27,32)(H,28,30)/b5-4+,19-10-. The molecule has 0 radical (unpaired) electrons. The van der Waals surface area contributed by atoms with Gasteiger partial charge in [0.25, 0.3) is 11.5 Å². The molecule has 1 aromatic heterocycles. The Morgan fingerprint density at radius 3 is 2.44 bits per heavy atom. The normalized spacial score (nSPS) is 11.6. The van der Waals surface area contributed by atoms with E-state index in [4.69, 9.17) is 0 Å². The molecule has 0 saturated heterocycles. The third-order valence-electron chi connectivity index (χ3n) is 4.43. The van der Waals surface area contributed by atoms with E-state index in [1.54, 1.807) is 6.08 Å². The number of carbonyl (C=O) groups excluding carboxylic acids is 2. The van der Waals surface area contributed by atoms with Crippen LogP contribution in [-0.4, -0.2) is 22.9 Å². The summed E-state index contributed by atoms with van der Waals surface area (Å²) in [6.07, 6.45) is 6.02. The van der Waals surface area contributed by atoms with Gasteiger partial charge >= 0.3 is 0 Å². The fraction of sp³-hybridized carbons (Fsp3) is 0.261. The summed E-state index contributed by atoms with van der Waals surface area (Å²) in [6, 6.07) is 5.05. The highest BCUT2D eigenvalue weighted by Gasteiger charge is 2.15. The van der Waals surface area contributed by atoms with E-state index >= 15 is 0 Å². The van der Waals surface area contributed by atoms with Crippen LogP contribution in [0.2, 0.25) is 0 Å². The molecule has 0 fully saturated rings. The van der Waals surface area contributed by atoms with Gasteiger partial charge in [-0.15, -0.1) is 0 Å². The van der Waals surface area contributed by atoms with Gasteiger partial charge in [0.15, 0.2) is 11.6 Å². The maximum atomic E-state index is 14.5. The van der Waals surface area contributed by atoms with Gasteiger partial charge in [0.1, 0.15) is 5.83 Å². The number of aromatic nitrogens is 1. The molecule has 2 aromatic rings. The molecule has 0 aliphatic heterocycles. The summed E-state index contributed by atoms with van der Waals surface area (Å²) in [6.45, 7) is 2.58. The van der Waals surface area contributed by atoms with Crippen molar-refractivity contribution in [2.24, 2.45) is 0 Å². The lowest BCUT2D eigenvalue weighted by Crippen LogP contribution is -2.27. The van der Waals surface area contributed by atoms with E-state index in [1.165, 1.54) is 43.5 Å². The van der Waals surface area contributed by atoms with E-state index in [2.05, 4.69) is 10.6 Å². The van der Waals surface area contributed by atoms with Crippen molar-refractivity contribution in [2.45, 2.75) is 33.4 Å². The molecule has 2 N–H and O–H groups in total. The van der Waals surface area contributed by atoms with Gasteiger partial charge in [-0.3, -0.25) is 14.4 Å². The smallest absolute Gasteiger partial charge is 0.253 e. The minimum atomic E-state index is -1.14. The van der Waals surface area contributed by atoms with Crippen molar-refractivity contribution < 1.29 is 22.8 Å². The number of halogens is 3. The van der Waals surface area contributed by atoms with E-state index in [-0.39, 0.29) is 42.2 Å². The van der Waals surface area contributed by atoms with E-state index in [1.807, 2.05) is 6.92 Å². The first kappa shape index (κ1) is 24.6. The number of amides is 2. The van der Waals surface area contributed by atoms with Crippen molar-refractivity contribution in [3.63, 3.8) is 0 Å². The molecule has 0 atom stereocenters. The third-order valence-corrected chi connectivity index (χ3v) is 4.43. The number of nitrogens with zero attached hydrogens (tertiary/aromatic N) is 1. The first-order valence-corrected chi connectivity index (χ1v) is 9.94. The number of hydrogen-bond donors (Lipinski definition) is 2. The molecule has 32 heavy (non-hydrogen) atoms. The number of allylic oxidation sites excluding steroid dienone is 3. The second-order valence-electron chi connectivity index (χ2n) is 6.92. The molecule has 1 heterocycles. The zero-order chi connectivity index (χ0) is 23.7. The highest BCUT2D eigenvalue weighted by atomic mass is 19.2. The van der Waals surface area contributed by atoms with Gasteiger partial charge in [-0.25, -0.2) is 13.2 Å². The molecule has 0 spiro atoms. The zero-order valence-electron chi connectivity index (χ0n) is 17.8. The highest BCUT2D eigenvalue weighted by Crippen LogP contribution is 2.17. The topological polar surface area (TPSA) is 80.2 Å². The first-order valence-electron chi connectivity index (χ1n) is 9.94. The molecule has 0 unspecified atom stereocenters. The maximum Gasteiger partial charge on any atom is 0.253 e. The molecular formula is C23H24F3N3O3. The number of hydrogen-bond acceptors (Lipinski definition) is 3. The van der Waals surface area contributed by atoms with Crippen LogP contribution >= 0.6 is 0 Å². The monoisotopic (exact) mass is 447 g/mol. The van der Waals surface area contributed by atoms with E-state index in [0.717, 1.165) is 10.6 Å². The number of pyridine rings is 1. The van der Waals surface area contributed by atoms with Crippen LogP contribution in [0.3, 0.4) is 0 Å². The van der Waals surface area contributed by atoms with Crippen molar-refractivity contribution in [1.82, 2.24) is 15.2 Å². The number of rotatable bonds is 9. The molecule has 170 valence electrons. The summed E-state index contributed by atoms with van der Waals surface area (Å²) >= 11 is 0. The Balaban J connectivity index is 2.15. The van der Waals surface area contributed by atoms with Gasteiger partial charge in [-0.1, -0.05) is 25.1 Å². The van der Waals surface area contributed by atoms with Gasteiger partial charge in [0, 0.05) is 43.4 Å². The predicted octanol–water partition coefficient (Wildman–Crippen LogP) is 3.36. The molecule has 2 rings (SSSR count). The Hall–Kier alpha value is -3.62. The van der Waals surface area contributed by atoms with E-state index < -0.39 is 28.9 Å². The third kappa shape index (κ3) is 6.97. The minimum absolute atomic E-state index is 0.0315. The number of benzene rings is 1. The van der Waals surface area contributed by atoms with Crippen LogP contribution in [0.15, 0.2) is 59.3 Å². The molecule has 0 aliphatic rings. The van der Waals surface area contributed by atoms with Gasteiger partial charge in [0.05, 0.1) is 12.1 Å². The maximum absolute atomic E-state index is 14.5. The van der Waals surface area contributed by atoms with Crippen LogP contribution in [-0.2, 0) is 17.9 Å². The molecule has 2 amide bonds. The summed E-state index contributed by atoms with van der Waals surface area (Å²) < 4.78 is 43.3. The second-order valence-corrected chi connectivity index (χ2v) is 6.92. The van der Waals surface area contributed by atoms with Crippen molar-refractivity contribution >= 4 is 11.8 Å². The van der Waals surface area contributed by atoms with Crippen LogP contribution in [0, 0.1) is 11.6 Å². The lowest BCUT2D eigenvalue weighted by atomic mass is 10.1. The average Bonchev–Trinajstić information content (AvgIpc) is 2.76. The lowest BCUT2D eigenvalue weighted by Gasteiger charge is -2.12. The molecule has 9 heteroatoms. The van der Waals surface area contributed by atoms with Gasteiger partial charge in [-0.05, 0) is 24.6 Å². The lowest BCUT2D eigenvalue weighted by molar-refractivity contribution is -0.119. The first-order chi connectivity index (χ1) is 15.2. The number of carbonyl (C=O) groups is 2. The predicted molar refractivity (Wildman–Crippen MR) is 115 cm³/mol. The van der Waals surface area contributed by atoms with Gasteiger partial charge in [-0.2, -0.15) is 0 Å². The number of nitrogens with one attached hydrogen (secondary N) is 2. The molecule has 0 aliphatic carbocycles. The Morgan fingerprint density at radius 2 is 1.75 bits per heavy atom. The summed E-state index contributed by atoms with van der Waals surface area (Å²) in [4.78, 5) is 35.4. The quantitative estimate of drug-likeness (QED) is 0.579. The Morgan fingerprint density at radius 1 is 1.06 bits per heavy atom. The average molecular weight is 447 g/mol. The molecule has 6 nitrogen and oxygen atoms in total. The molecule has 0 saturated carbocycles. The SMILES string of the molecule is CC/C=C/C(F)=C/CNC(=O)c1ccc(=O)n(Cc2ccc(CNC(C)=O)c(F)c2F)c1.